The number of ether oxygens (including phenoxy) is 2. The number of halogens is 1. The fourth-order valence-electron chi connectivity index (χ4n) is 2.72. The molecule has 4 rings (SSSR count). The molecular weight excluding hydrogens is 380 g/mol. The van der Waals surface area contributed by atoms with E-state index in [9.17, 15) is 4.79 Å². The molecule has 2 aromatic carbocycles. The lowest BCUT2D eigenvalue weighted by molar-refractivity contribution is 0.102. The Hall–Kier alpha value is -3.32. The predicted molar refractivity (Wildman–Crippen MR) is 107 cm³/mol. The number of amides is 1. The average molecular weight is 397 g/mol. The van der Waals surface area contributed by atoms with Crippen LogP contribution < -0.4 is 20.1 Å². The van der Waals surface area contributed by atoms with Crippen LogP contribution in [-0.2, 0) is 0 Å². The molecule has 1 aromatic heterocycles. The monoisotopic (exact) mass is 396 g/mol. The van der Waals surface area contributed by atoms with Crippen LogP contribution in [0.4, 0.5) is 17.3 Å². The number of benzene rings is 2. The van der Waals surface area contributed by atoms with E-state index in [2.05, 4.69) is 20.6 Å². The van der Waals surface area contributed by atoms with Crippen molar-refractivity contribution in [3.8, 4) is 11.5 Å². The quantitative estimate of drug-likeness (QED) is 0.687. The van der Waals surface area contributed by atoms with Gasteiger partial charge >= 0.3 is 0 Å². The van der Waals surface area contributed by atoms with Crippen molar-refractivity contribution in [1.82, 2.24) is 9.97 Å². The lowest BCUT2D eigenvalue weighted by Gasteiger charge is -2.19. The van der Waals surface area contributed by atoms with Crippen molar-refractivity contribution in [1.29, 1.82) is 0 Å². The Morgan fingerprint density at radius 3 is 2.46 bits per heavy atom. The number of hydrogen-bond acceptors (Lipinski definition) is 6. The smallest absolute Gasteiger partial charge is 0.274 e. The van der Waals surface area contributed by atoms with Gasteiger partial charge in [0.25, 0.3) is 5.91 Å². The highest BCUT2D eigenvalue weighted by Crippen LogP contribution is 2.33. The van der Waals surface area contributed by atoms with E-state index >= 15 is 0 Å². The molecule has 142 valence electrons. The van der Waals surface area contributed by atoms with Crippen molar-refractivity contribution in [3.05, 3.63) is 64.9 Å². The first kappa shape index (κ1) is 18.1. The molecule has 0 unspecified atom stereocenters. The van der Waals surface area contributed by atoms with Crippen LogP contribution in [-0.4, -0.2) is 29.1 Å². The largest absolute Gasteiger partial charge is 0.486 e. The van der Waals surface area contributed by atoms with Gasteiger partial charge in [0.05, 0.1) is 0 Å². The van der Waals surface area contributed by atoms with Gasteiger partial charge in [-0.2, -0.15) is 0 Å². The number of nitrogens with one attached hydrogen (secondary N) is 2. The number of aryl methyl sites for hydroxylation is 1. The second kappa shape index (κ2) is 7.74. The highest BCUT2D eigenvalue weighted by Gasteiger charge is 2.14. The summed E-state index contributed by atoms with van der Waals surface area (Å²) in [6.07, 6.45) is 0. The zero-order valence-electron chi connectivity index (χ0n) is 15.0. The average Bonchev–Trinajstić information content (AvgIpc) is 2.69. The van der Waals surface area contributed by atoms with E-state index in [1.165, 1.54) is 0 Å². The Labute approximate surface area is 166 Å². The molecule has 0 bridgehead atoms. The van der Waals surface area contributed by atoms with E-state index in [4.69, 9.17) is 21.1 Å². The van der Waals surface area contributed by atoms with E-state index in [1.54, 1.807) is 37.3 Å². The van der Waals surface area contributed by atoms with Crippen molar-refractivity contribution in [3.63, 3.8) is 0 Å². The molecule has 1 aliphatic rings. The highest BCUT2D eigenvalue weighted by atomic mass is 35.5. The van der Waals surface area contributed by atoms with Crippen molar-refractivity contribution < 1.29 is 14.3 Å². The molecule has 28 heavy (non-hydrogen) atoms. The summed E-state index contributed by atoms with van der Waals surface area (Å²) in [5.74, 6) is 1.34. The summed E-state index contributed by atoms with van der Waals surface area (Å²) in [5, 5.41) is 6.50. The molecule has 1 amide bonds. The first-order valence-electron chi connectivity index (χ1n) is 8.66. The standard InChI is InChI=1S/C20H17ClN4O3/c1-12-10-16(19(26)23-14-4-2-13(21)3-5-14)25-20(22-12)24-15-6-7-17-18(11-15)28-9-8-27-17/h2-7,10-11H,8-9H2,1H3,(H,23,26)(H,22,24,25). The number of carbonyl (C=O) groups excluding carboxylic acids is 1. The van der Waals surface area contributed by atoms with Crippen LogP contribution in [0.2, 0.25) is 5.02 Å². The number of anilines is 3. The van der Waals surface area contributed by atoms with Crippen LogP contribution in [0.1, 0.15) is 16.2 Å². The van der Waals surface area contributed by atoms with E-state index in [0.717, 1.165) is 5.69 Å². The van der Waals surface area contributed by atoms with Gasteiger partial charge in [0, 0.05) is 28.2 Å². The number of hydrogen-bond donors (Lipinski definition) is 2. The SMILES string of the molecule is Cc1cc(C(=O)Nc2ccc(Cl)cc2)nc(Nc2ccc3c(c2)OCCO3)n1. The molecule has 0 fully saturated rings. The maximum Gasteiger partial charge on any atom is 0.274 e. The molecule has 2 N–H and O–H groups in total. The van der Waals surface area contributed by atoms with Gasteiger partial charge in [0.2, 0.25) is 5.95 Å². The van der Waals surface area contributed by atoms with Crippen molar-refractivity contribution in [2.45, 2.75) is 6.92 Å². The van der Waals surface area contributed by atoms with Gasteiger partial charge in [-0.15, -0.1) is 0 Å². The van der Waals surface area contributed by atoms with Crippen molar-refractivity contribution >= 4 is 34.8 Å². The maximum absolute atomic E-state index is 12.5. The third-order valence-electron chi connectivity index (χ3n) is 3.99. The van der Waals surface area contributed by atoms with Gasteiger partial charge in [0.1, 0.15) is 18.9 Å². The molecular formula is C20H17ClN4O3. The summed E-state index contributed by atoms with van der Waals surface area (Å²) >= 11 is 5.87. The Kier molecular flexibility index (Phi) is 4.99. The predicted octanol–water partition coefficient (Wildman–Crippen LogP) is 4.21. The number of fused-ring (bicyclic) bond motifs is 1. The molecule has 1 aliphatic heterocycles. The fourth-order valence-corrected chi connectivity index (χ4v) is 2.85. The molecule has 7 nitrogen and oxygen atoms in total. The first-order chi connectivity index (χ1) is 13.6. The summed E-state index contributed by atoms with van der Waals surface area (Å²) in [6.45, 7) is 2.84. The maximum atomic E-state index is 12.5. The van der Waals surface area contributed by atoms with Crippen LogP contribution >= 0.6 is 11.6 Å². The minimum atomic E-state index is -0.335. The number of carbonyl (C=O) groups is 1. The van der Waals surface area contributed by atoms with Gasteiger partial charge in [0.15, 0.2) is 11.5 Å². The van der Waals surface area contributed by atoms with Crippen molar-refractivity contribution in [2.75, 3.05) is 23.8 Å². The molecule has 0 spiro atoms. The van der Waals surface area contributed by atoms with Gasteiger partial charge in [-0.25, -0.2) is 9.97 Å². The fraction of sp³-hybridized carbons (Fsp3) is 0.150. The first-order valence-corrected chi connectivity index (χ1v) is 9.04. The van der Waals surface area contributed by atoms with Gasteiger partial charge < -0.3 is 20.1 Å². The molecule has 0 aliphatic carbocycles. The Morgan fingerprint density at radius 2 is 1.68 bits per heavy atom. The van der Waals surface area contributed by atoms with Crippen LogP contribution in [0.25, 0.3) is 0 Å². The third-order valence-corrected chi connectivity index (χ3v) is 4.24. The van der Waals surface area contributed by atoms with Crippen LogP contribution in [0.15, 0.2) is 48.5 Å². The molecule has 0 atom stereocenters. The van der Waals surface area contributed by atoms with Crippen molar-refractivity contribution in [2.24, 2.45) is 0 Å². The lowest BCUT2D eigenvalue weighted by Crippen LogP contribution is -2.16. The minimum absolute atomic E-state index is 0.252. The van der Waals surface area contributed by atoms with Crippen LogP contribution in [0.5, 0.6) is 11.5 Å². The molecule has 0 saturated heterocycles. The van der Waals surface area contributed by atoms with E-state index in [1.807, 2.05) is 18.2 Å². The number of nitrogens with zero attached hydrogens (tertiary/aromatic N) is 2. The summed E-state index contributed by atoms with van der Waals surface area (Å²) in [6, 6.07) is 14.0. The molecule has 2 heterocycles. The topological polar surface area (TPSA) is 85.4 Å². The van der Waals surface area contributed by atoms with Gasteiger partial charge in [-0.05, 0) is 49.4 Å². The molecule has 0 saturated carbocycles. The zero-order chi connectivity index (χ0) is 19.5. The van der Waals surface area contributed by atoms with Gasteiger partial charge in [-0.3, -0.25) is 4.79 Å². The summed E-state index contributed by atoms with van der Waals surface area (Å²) in [5.41, 5.74) is 2.28. The van der Waals surface area contributed by atoms with Crippen LogP contribution in [0.3, 0.4) is 0 Å². The number of aromatic nitrogens is 2. The second-order valence-corrected chi connectivity index (χ2v) is 6.60. The normalized spacial score (nSPS) is 12.4. The lowest BCUT2D eigenvalue weighted by atomic mass is 10.2. The second-order valence-electron chi connectivity index (χ2n) is 6.16. The molecule has 3 aromatic rings. The Morgan fingerprint density at radius 1 is 0.964 bits per heavy atom. The summed E-state index contributed by atoms with van der Waals surface area (Å²) in [7, 11) is 0. The van der Waals surface area contributed by atoms with E-state index < -0.39 is 0 Å². The Bertz CT molecular complexity index is 1020. The molecule has 8 heteroatoms. The Balaban J connectivity index is 1.53. The summed E-state index contributed by atoms with van der Waals surface area (Å²) < 4.78 is 11.1. The van der Waals surface area contributed by atoms with E-state index in [-0.39, 0.29) is 11.6 Å². The summed E-state index contributed by atoms with van der Waals surface area (Å²) in [4.78, 5) is 21.2. The zero-order valence-corrected chi connectivity index (χ0v) is 15.8. The van der Waals surface area contributed by atoms with E-state index in [0.29, 0.717) is 47.1 Å². The number of rotatable bonds is 4. The molecule has 0 radical (unpaired) electrons. The minimum Gasteiger partial charge on any atom is -0.486 e. The van der Waals surface area contributed by atoms with Crippen LogP contribution in [0, 0.1) is 6.92 Å². The third kappa shape index (κ3) is 4.15. The highest BCUT2D eigenvalue weighted by molar-refractivity contribution is 6.30. The van der Waals surface area contributed by atoms with Gasteiger partial charge in [-0.1, -0.05) is 11.6 Å².